The second-order valence-corrected chi connectivity index (χ2v) is 7.85. The van der Waals surface area contributed by atoms with E-state index in [2.05, 4.69) is 17.5 Å². The lowest BCUT2D eigenvalue weighted by Gasteiger charge is -2.30. The molecular formula is C19H23N3O2S+2. The Bertz CT molecular complexity index is 732. The van der Waals surface area contributed by atoms with E-state index in [4.69, 9.17) is 0 Å². The van der Waals surface area contributed by atoms with Gasteiger partial charge in [-0.1, -0.05) is 18.2 Å². The molecule has 1 aromatic heterocycles. The van der Waals surface area contributed by atoms with Gasteiger partial charge in [0.05, 0.1) is 29.1 Å². The van der Waals surface area contributed by atoms with Crippen LogP contribution in [0.1, 0.15) is 25.6 Å². The number of nitrogens with zero attached hydrogens (tertiary/aromatic N) is 1. The molecule has 1 saturated heterocycles. The van der Waals surface area contributed by atoms with Gasteiger partial charge in [0.2, 0.25) is 0 Å². The zero-order valence-corrected chi connectivity index (χ0v) is 15.0. The number of amides is 2. The molecule has 3 heterocycles. The number of hydrogen-bond donors (Lipinski definition) is 2. The fraction of sp³-hybridized carbons (Fsp3) is 0.368. The summed E-state index contributed by atoms with van der Waals surface area (Å²) in [4.78, 5) is 30.8. The first-order chi connectivity index (χ1) is 12.2. The monoisotopic (exact) mass is 357 g/mol. The van der Waals surface area contributed by atoms with Gasteiger partial charge in [0, 0.05) is 0 Å². The topological polar surface area (TPSA) is 46.3 Å². The molecule has 0 spiro atoms. The second-order valence-electron chi connectivity index (χ2n) is 6.81. The first-order valence-corrected chi connectivity index (χ1v) is 9.75. The molecule has 2 N–H and O–H groups in total. The highest BCUT2D eigenvalue weighted by molar-refractivity contribution is 7.09. The molecule has 2 aliphatic heterocycles. The summed E-state index contributed by atoms with van der Waals surface area (Å²) in [6, 6.07) is 11.4. The number of nitrogens with one attached hydrogen (secondary N) is 2. The van der Waals surface area contributed by atoms with Crippen molar-refractivity contribution in [3.8, 4) is 0 Å². The van der Waals surface area contributed by atoms with Gasteiger partial charge in [-0.15, -0.1) is 11.3 Å². The lowest BCUT2D eigenvalue weighted by molar-refractivity contribution is -1.02. The molecule has 2 aliphatic rings. The second kappa shape index (κ2) is 7.07. The van der Waals surface area contributed by atoms with Crippen LogP contribution in [0.25, 0.3) is 0 Å². The van der Waals surface area contributed by atoms with Gasteiger partial charge in [-0.3, -0.25) is 14.5 Å². The summed E-state index contributed by atoms with van der Waals surface area (Å²) < 4.78 is 0. The van der Waals surface area contributed by atoms with E-state index in [0.717, 1.165) is 39.3 Å². The van der Waals surface area contributed by atoms with Gasteiger partial charge in [-0.2, -0.15) is 0 Å². The van der Waals surface area contributed by atoms with E-state index in [1.165, 1.54) is 14.7 Å². The molecule has 0 aliphatic carbocycles. The first-order valence-electron chi connectivity index (χ1n) is 8.87. The van der Waals surface area contributed by atoms with Crippen LogP contribution < -0.4 is 9.80 Å². The number of benzene rings is 1. The first kappa shape index (κ1) is 16.4. The summed E-state index contributed by atoms with van der Waals surface area (Å²) in [5.74, 6) is -0.274. The minimum atomic E-state index is -0.137. The summed E-state index contributed by atoms with van der Waals surface area (Å²) in [5.41, 5.74) is 1.10. The Morgan fingerprint density at radius 3 is 2.12 bits per heavy atom. The van der Waals surface area contributed by atoms with Crippen LogP contribution in [-0.4, -0.2) is 56.0 Å². The van der Waals surface area contributed by atoms with Gasteiger partial charge in [-0.25, -0.2) is 0 Å². The SMILES string of the molecule is O=C1c2ccccc2C(=O)N1CC[NH+]1CC[NH+](Cc2cccs2)CC1. The number of fused-ring (bicyclic) bond motifs is 1. The maximum Gasteiger partial charge on any atom is 0.261 e. The van der Waals surface area contributed by atoms with Crippen LogP contribution in [-0.2, 0) is 6.54 Å². The van der Waals surface area contributed by atoms with Crippen molar-refractivity contribution >= 4 is 23.2 Å². The smallest absolute Gasteiger partial charge is 0.261 e. The molecule has 2 amide bonds. The predicted octanol–water partition coefficient (Wildman–Crippen LogP) is -0.672. The van der Waals surface area contributed by atoms with Gasteiger partial charge >= 0.3 is 0 Å². The Morgan fingerprint density at radius 2 is 1.52 bits per heavy atom. The van der Waals surface area contributed by atoms with Crippen LogP contribution in [0.2, 0.25) is 0 Å². The Hall–Kier alpha value is -2.02. The van der Waals surface area contributed by atoms with Crippen LogP contribution in [0, 0.1) is 0 Å². The predicted molar refractivity (Wildman–Crippen MR) is 96.1 cm³/mol. The Morgan fingerprint density at radius 1 is 0.880 bits per heavy atom. The molecule has 6 heteroatoms. The van der Waals surface area contributed by atoms with Gasteiger partial charge < -0.3 is 9.80 Å². The van der Waals surface area contributed by atoms with Crippen molar-refractivity contribution in [3.63, 3.8) is 0 Å². The van der Waals surface area contributed by atoms with Crippen molar-refractivity contribution in [1.82, 2.24) is 4.90 Å². The van der Waals surface area contributed by atoms with E-state index < -0.39 is 0 Å². The minimum absolute atomic E-state index is 0.137. The van der Waals surface area contributed by atoms with Gasteiger partial charge in [-0.05, 0) is 23.6 Å². The molecule has 2 aromatic rings. The minimum Gasteiger partial charge on any atom is -0.324 e. The average molecular weight is 357 g/mol. The number of carbonyl (C=O) groups excluding carboxylic acids is 2. The quantitative estimate of drug-likeness (QED) is 0.697. The van der Waals surface area contributed by atoms with Crippen LogP contribution >= 0.6 is 11.3 Å². The molecule has 1 aromatic carbocycles. The van der Waals surface area contributed by atoms with Crippen molar-refractivity contribution in [1.29, 1.82) is 0 Å². The molecule has 1 fully saturated rings. The number of imide groups is 1. The van der Waals surface area contributed by atoms with E-state index in [0.29, 0.717) is 17.7 Å². The van der Waals surface area contributed by atoms with E-state index in [1.807, 2.05) is 23.5 Å². The number of hydrogen-bond acceptors (Lipinski definition) is 3. The van der Waals surface area contributed by atoms with Gasteiger partial charge in [0.15, 0.2) is 0 Å². The highest BCUT2D eigenvalue weighted by Crippen LogP contribution is 2.21. The van der Waals surface area contributed by atoms with E-state index in [-0.39, 0.29) is 11.8 Å². The lowest BCUT2D eigenvalue weighted by Crippen LogP contribution is -3.27. The van der Waals surface area contributed by atoms with Crippen LogP contribution in [0.15, 0.2) is 41.8 Å². The van der Waals surface area contributed by atoms with E-state index in [1.54, 1.807) is 17.0 Å². The summed E-state index contributed by atoms with van der Waals surface area (Å²) >= 11 is 1.83. The molecular weight excluding hydrogens is 334 g/mol. The lowest BCUT2D eigenvalue weighted by atomic mass is 10.1. The van der Waals surface area contributed by atoms with Crippen LogP contribution in [0.3, 0.4) is 0 Å². The molecule has 25 heavy (non-hydrogen) atoms. The fourth-order valence-electron chi connectivity index (χ4n) is 3.76. The van der Waals surface area contributed by atoms with E-state index >= 15 is 0 Å². The van der Waals surface area contributed by atoms with Gasteiger partial charge in [0.25, 0.3) is 11.8 Å². The van der Waals surface area contributed by atoms with Crippen LogP contribution in [0.5, 0.6) is 0 Å². The molecule has 0 atom stereocenters. The molecule has 0 saturated carbocycles. The molecule has 4 rings (SSSR count). The largest absolute Gasteiger partial charge is 0.324 e. The normalized spacial score (nSPS) is 23.1. The Balaban J connectivity index is 1.27. The van der Waals surface area contributed by atoms with Crippen molar-refractivity contribution in [2.24, 2.45) is 0 Å². The Kier molecular flexibility index (Phi) is 4.65. The fourth-order valence-corrected chi connectivity index (χ4v) is 4.53. The molecule has 5 nitrogen and oxygen atoms in total. The third-order valence-electron chi connectivity index (χ3n) is 5.24. The van der Waals surface area contributed by atoms with Crippen molar-refractivity contribution in [2.75, 3.05) is 39.3 Å². The third-order valence-corrected chi connectivity index (χ3v) is 6.11. The zero-order valence-electron chi connectivity index (χ0n) is 14.2. The number of piperazine rings is 1. The maximum absolute atomic E-state index is 12.4. The molecule has 0 unspecified atom stereocenters. The summed E-state index contributed by atoms with van der Waals surface area (Å²) in [7, 11) is 0. The van der Waals surface area contributed by atoms with Crippen LogP contribution in [0.4, 0.5) is 0 Å². The summed E-state index contributed by atoms with van der Waals surface area (Å²) in [6.45, 7) is 6.97. The average Bonchev–Trinajstić information content (AvgIpc) is 3.23. The number of quaternary nitrogens is 2. The summed E-state index contributed by atoms with van der Waals surface area (Å²) in [6.07, 6.45) is 0. The maximum atomic E-state index is 12.4. The van der Waals surface area contributed by atoms with Crippen molar-refractivity contribution < 1.29 is 19.4 Å². The van der Waals surface area contributed by atoms with Gasteiger partial charge in [0.1, 0.15) is 32.7 Å². The number of rotatable bonds is 5. The molecule has 130 valence electrons. The number of thiophene rings is 1. The molecule has 0 radical (unpaired) electrons. The zero-order chi connectivity index (χ0) is 17.2. The van der Waals surface area contributed by atoms with Crippen molar-refractivity contribution in [3.05, 3.63) is 57.8 Å². The highest BCUT2D eigenvalue weighted by Gasteiger charge is 2.36. The Labute approximate surface area is 151 Å². The van der Waals surface area contributed by atoms with Crippen molar-refractivity contribution in [2.45, 2.75) is 6.54 Å². The van der Waals surface area contributed by atoms with E-state index in [9.17, 15) is 9.59 Å². The third kappa shape index (κ3) is 3.38. The molecule has 0 bridgehead atoms. The number of carbonyl (C=O) groups is 2. The summed E-state index contributed by atoms with van der Waals surface area (Å²) in [5, 5.41) is 2.14. The standard InChI is InChI=1S/C19H21N3O2S/c23-18-16-5-1-2-6-17(16)19(24)22(18)12-11-20-7-9-21(10-8-20)14-15-4-3-13-25-15/h1-6,13H,7-12,14H2/p+2. The highest BCUT2D eigenvalue weighted by atomic mass is 32.1.